The van der Waals surface area contributed by atoms with Gasteiger partial charge >= 0.3 is 0 Å². The second-order valence-electron chi connectivity index (χ2n) is 4.98. The number of carbonyl (C=O) groups is 2. The maximum atomic E-state index is 11.9. The van der Waals surface area contributed by atoms with Crippen molar-refractivity contribution in [1.82, 2.24) is 10.2 Å². The van der Waals surface area contributed by atoms with Gasteiger partial charge in [0, 0.05) is 31.6 Å². The summed E-state index contributed by atoms with van der Waals surface area (Å²) >= 11 is 0. The van der Waals surface area contributed by atoms with Gasteiger partial charge in [0.2, 0.25) is 5.91 Å². The molecule has 0 atom stereocenters. The number of nitrogens with one attached hydrogen (secondary N) is 1. The molecular weight excluding hydrogens is 256 g/mol. The van der Waals surface area contributed by atoms with Crippen LogP contribution in [-0.2, 0) is 4.79 Å². The first-order valence-corrected chi connectivity index (χ1v) is 6.96. The third-order valence-electron chi connectivity index (χ3n) is 3.48. The van der Waals surface area contributed by atoms with Gasteiger partial charge in [0.25, 0.3) is 5.91 Å². The van der Waals surface area contributed by atoms with Crippen LogP contribution in [0.5, 0.6) is 0 Å². The molecular formula is C15H20N2O3. The molecule has 1 aliphatic heterocycles. The number of benzene rings is 1. The lowest BCUT2D eigenvalue weighted by Gasteiger charge is -2.29. The summed E-state index contributed by atoms with van der Waals surface area (Å²) in [5.74, 6) is -0.127. The molecule has 1 aromatic rings. The fourth-order valence-corrected chi connectivity index (χ4v) is 2.25. The zero-order valence-corrected chi connectivity index (χ0v) is 11.4. The second-order valence-corrected chi connectivity index (χ2v) is 4.98. The van der Waals surface area contributed by atoms with Gasteiger partial charge in [-0.2, -0.15) is 0 Å². The van der Waals surface area contributed by atoms with Crippen molar-refractivity contribution in [2.75, 3.05) is 19.6 Å². The van der Waals surface area contributed by atoms with E-state index in [2.05, 4.69) is 5.32 Å². The highest BCUT2D eigenvalue weighted by Gasteiger charge is 2.20. The van der Waals surface area contributed by atoms with Gasteiger partial charge in [-0.05, 0) is 25.0 Å². The molecule has 0 bridgehead atoms. The first-order chi connectivity index (χ1) is 9.66. The Balaban J connectivity index is 1.70. The van der Waals surface area contributed by atoms with Crippen LogP contribution < -0.4 is 5.32 Å². The molecule has 108 valence electrons. The highest BCUT2D eigenvalue weighted by Crippen LogP contribution is 2.10. The minimum atomic E-state index is -0.281. The van der Waals surface area contributed by atoms with Crippen molar-refractivity contribution in [3.8, 4) is 0 Å². The van der Waals surface area contributed by atoms with Crippen LogP contribution in [0.25, 0.3) is 0 Å². The van der Waals surface area contributed by atoms with E-state index in [-0.39, 0.29) is 17.9 Å². The highest BCUT2D eigenvalue weighted by atomic mass is 16.3. The van der Waals surface area contributed by atoms with Crippen LogP contribution in [0.15, 0.2) is 30.3 Å². The average molecular weight is 276 g/mol. The lowest BCUT2D eigenvalue weighted by atomic mass is 10.1. The Kier molecular flexibility index (Phi) is 5.12. The first-order valence-electron chi connectivity index (χ1n) is 6.96. The summed E-state index contributed by atoms with van der Waals surface area (Å²) in [5, 5.41) is 12.1. The summed E-state index contributed by atoms with van der Waals surface area (Å²) in [6, 6.07) is 8.94. The van der Waals surface area contributed by atoms with Crippen molar-refractivity contribution >= 4 is 11.8 Å². The number of rotatable bonds is 4. The zero-order chi connectivity index (χ0) is 14.4. The molecule has 0 saturated carbocycles. The lowest BCUT2D eigenvalue weighted by Crippen LogP contribution is -2.41. The minimum absolute atomic E-state index is 0.0326. The SMILES string of the molecule is O=C(NCCC(=O)N1CCC(O)CC1)c1ccccc1. The summed E-state index contributed by atoms with van der Waals surface area (Å²) in [5.41, 5.74) is 0.598. The number of hydrogen-bond acceptors (Lipinski definition) is 3. The minimum Gasteiger partial charge on any atom is -0.393 e. The third kappa shape index (κ3) is 4.06. The molecule has 1 aromatic carbocycles. The third-order valence-corrected chi connectivity index (χ3v) is 3.48. The molecule has 1 saturated heterocycles. The number of aliphatic hydroxyl groups is 1. The fourth-order valence-electron chi connectivity index (χ4n) is 2.25. The van der Waals surface area contributed by atoms with Crippen LogP contribution >= 0.6 is 0 Å². The van der Waals surface area contributed by atoms with Gasteiger partial charge in [-0.25, -0.2) is 0 Å². The summed E-state index contributed by atoms with van der Waals surface area (Å²) in [4.78, 5) is 25.4. The van der Waals surface area contributed by atoms with E-state index in [9.17, 15) is 14.7 Å². The predicted octanol–water partition coefficient (Wildman–Crippen LogP) is 0.790. The number of likely N-dealkylation sites (tertiary alicyclic amines) is 1. The van der Waals surface area contributed by atoms with E-state index in [1.807, 2.05) is 6.07 Å². The summed E-state index contributed by atoms with van der Waals surface area (Å²) in [6.45, 7) is 1.55. The number of aliphatic hydroxyl groups excluding tert-OH is 1. The van der Waals surface area contributed by atoms with Gasteiger partial charge in [0.1, 0.15) is 0 Å². The van der Waals surface area contributed by atoms with Crippen molar-refractivity contribution < 1.29 is 14.7 Å². The van der Waals surface area contributed by atoms with Crippen molar-refractivity contribution in [1.29, 1.82) is 0 Å². The number of amides is 2. The van der Waals surface area contributed by atoms with Crippen LogP contribution in [0.1, 0.15) is 29.6 Å². The maximum Gasteiger partial charge on any atom is 0.251 e. The molecule has 2 rings (SSSR count). The number of hydrogen-bond donors (Lipinski definition) is 2. The number of carbonyl (C=O) groups excluding carboxylic acids is 2. The molecule has 1 fully saturated rings. The van der Waals surface area contributed by atoms with Crippen molar-refractivity contribution in [3.05, 3.63) is 35.9 Å². The van der Waals surface area contributed by atoms with Crippen molar-refractivity contribution in [2.45, 2.75) is 25.4 Å². The quantitative estimate of drug-likeness (QED) is 0.854. The lowest BCUT2D eigenvalue weighted by molar-refractivity contribution is -0.133. The van der Waals surface area contributed by atoms with E-state index >= 15 is 0 Å². The van der Waals surface area contributed by atoms with Crippen LogP contribution in [0.3, 0.4) is 0 Å². The normalized spacial score (nSPS) is 15.9. The Bertz CT molecular complexity index is 453. The topological polar surface area (TPSA) is 69.6 Å². The molecule has 5 heteroatoms. The summed E-state index contributed by atoms with van der Waals surface area (Å²) in [7, 11) is 0. The number of piperidine rings is 1. The molecule has 0 radical (unpaired) electrons. The van der Waals surface area contributed by atoms with E-state index in [0.29, 0.717) is 44.5 Å². The van der Waals surface area contributed by atoms with Crippen molar-refractivity contribution in [2.24, 2.45) is 0 Å². The summed E-state index contributed by atoms with van der Waals surface area (Å²) < 4.78 is 0. The average Bonchev–Trinajstić information content (AvgIpc) is 2.48. The molecule has 2 N–H and O–H groups in total. The highest BCUT2D eigenvalue weighted by molar-refractivity contribution is 5.94. The Labute approximate surface area is 118 Å². The molecule has 1 aliphatic rings. The van der Waals surface area contributed by atoms with Crippen molar-refractivity contribution in [3.63, 3.8) is 0 Å². The zero-order valence-electron chi connectivity index (χ0n) is 11.4. The molecule has 5 nitrogen and oxygen atoms in total. The largest absolute Gasteiger partial charge is 0.393 e. The van der Waals surface area contributed by atoms with Gasteiger partial charge in [0.05, 0.1) is 6.10 Å². The smallest absolute Gasteiger partial charge is 0.251 e. The second kappa shape index (κ2) is 7.05. The molecule has 0 unspecified atom stereocenters. The van der Waals surface area contributed by atoms with Gasteiger partial charge in [-0.1, -0.05) is 18.2 Å². The Hall–Kier alpha value is -1.88. The molecule has 20 heavy (non-hydrogen) atoms. The monoisotopic (exact) mass is 276 g/mol. The first kappa shape index (κ1) is 14.5. The van der Waals surface area contributed by atoms with Crippen LogP contribution in [0.2, 0.25) is 0 Å². The molecule has 0 spiro atoms. The Morgan fingerprint density at radius 1 is 1.20 bits per heavy atom. The molecule has 2 amide bonds. The predicted molar refractivity (Wildman–Crippen MR) is 75.2 cm³/mol. The van der Waals surface area contributed by atoms with Crippen LogP contribution in [0, 0.1) is 0 Å². The standard InChI is InChI=1S/C15H20N2O3/c18-13-7-10-17(11-8-13)14(19)6-9-16-15(20)12-4-2-1-3-5-12/h1-5,13,18H,6-11H2,(H,16,20). The van der Waals surface area contributed by atoms with E-state index < -0.39 is 0 Å². The number of nitrogens with zero attached hydrogens (tertiary/aromatic N) is 1. The Morgan fingerprint density at radius 2 is 1.85 bits per heavy atom. The van der Waals surface area contributed by atoms with E-state index in [4.69, 9.17) is 0 Å². The van der Waals surface area contributed by atoms with Gasteiger partial charge in [0.15, 0.2) is 0 Å². The van der Waals surface area contributed by atoms with Gasteiger partial charge in [-0.3, -0.25) is 9.59 Å². The maximum absolute atomic E-state index is 11.9. The fraction of sp³-hybridized carbons (Fsp3) is 0.467. The van der Waals surface area contributed by atoms with E-state index in [0.717, 1.165) is 0 Å². The molecule has 1 heterocycles. The van der Waals surface area contributed by atoms with Gasteiger partial charge < -0.3 is 15.3 Å². The Morgan fingerprint density at radius 3 is 2.50 bits per heavy atom. The van der Waals surface area contributed by atoms with Gasteiger partial charge in [-0.15, -0.1) is 0 Å². The molecule has 0 aliphatic carbocycles. The van der Waals surface area contributed by atoms with E-state index in [1.54, 1.807) is 29.2 Å². The van der Waals surface area contributed by atoms with Crippen LogP contribution in [0.4, 0.5) is 0 Å². The van der Waals surface area contributed by atoms with E-state index in [1.165, 1.54) is 0 Å². The summed E-state index contributed by atoms with van der Waals surface area (Å²) in [6.07, 6.45) is 1.30. The molecule has 0 aromatic heterocycles. The van der Waals surface area contributed by atoms with Crippen LogP contribution in [-0.4, -0.2) is 47.6 Å².